The number of ether oxygens (including phenoxy) is 1. The van der Waals surface area contributed by atoms with Crippen molar-refractivity contribution in [2.24, 2.45) is 4.99 Å². The van der Waals surface area contributed by atoms with Crippen LogP contribution in [0.25, 0.3) is 0 Å². The maximum Gasteiger partial charge on any atom is 0.191 e. The molecule has 2 N–H and O–H groups in total. The van der Waals surface area contributed by atoms with Gasteiger partial charge in [-0.1, -0.05) is 0 Å². The molecule has 0 bridgehead atoms. The number of rotatable bonds is 8. The van der Waals surface area contributed by atoms with Crippen molar-refractivity contribution in [2.45, 2.75) is 33.5 Å². The largest absolute Gasteiger partial charge is 0.383 e. The van der Waals surface area contributed by atoms with Gasteiger partial charge in [-0.05, 0) is 26.0 Å². The number of guanidine groups is 1. The van der Waals surface area contributed by atoms with Crippen LogP contribution in [0.5, 0.6) is 0 Å². The topological polar surface area (TPSA) is 68.4 Å². The van der Waals surface area contributed by atoms with Crippen molar-refractivity contribution >= 4 is 5.96 Å². The molecule has 2 aromatic rings. The summed E-state index contributed by atoms with van der Waals surface area (Å²) in [6, 6.07) is 4.06. The third-order valence-electron chi connectivity index (χ3n) is 4.02. The molecule has 132 valence electrons. The van der Waals surface area contributed by atoms with Gasteiger partial charge >= 0.3 is 0 Å². The van der Waals surface area contributed by atoms with Crippen molar-refractivity contribution < 1.29 is 4.74 Å². The summed E-state index contributed by atoms with van der Waals surface area (Å²) in [5, 5.41) is 11.3. The number of methoxy groups -OCH3 is 1. The summed E-state index contributed by atoms with van der Waals surface area (Å²) in [5.74, 6) is 0.797. The average molecular weight is 332 g/mol. The molecule has 0 aromatic carbocycles. The second-order valence-electron chi connectivity index (χ2n) is 5.64. The van der Waals surface area contributed by atoms with E-state index < -0.39 is 0 Å². The van der Waals surface area contributed by atoms with E-state index in [1.54, 1.807) is 14.2 Å². The quantitative estimate of drug-likeness (QED) is 0.565. The van der Waals surface area contributed by atoms with Gasteiger partial charge in [0.05, 0.1) is 18.8 Å². The molecule has 0 aliphatic heterocycles. The highest BCUT2D eigenvalue weighted by Gasteiger charge is 2.11. The molecule has 0 spiro atoms. The SMILES string of the molecule is CN=C(NCCn1cccc1)NCc1c(C)nn(CCOC)c1C. The molecule has 2 aromatic heterocycles. The first-order chi connectivity index (χ1) is 11.7. The highest BCUT2D eigenvalue weighted by molar-refractivity contribution is 5.79. The normalized spacial score (nSPS) is 11.8. The summed E-state index contributed by atoms with van der Waals surface area (Å²) in [4.78, 5) is 4.28. The first-order valence-electron chi connectivity index (χ1n) is 8.22. The van der Waals surface area contributed by atoms with Crippen LogP contribution in [-0.2, 0) is 24.4 Å². The van der Waals surface area contributed by atoms with Crippen LogP contribution < -0.4 is 10.6 Å². The number of aryl methyl sites for hydroxylation is 1. The van der Waals surface area contributed by atoms with E-state index in [1.807, 2.05) is 23.7 Å². The molecule has 0 aliphatic carbocycles. The number of hydrogen-bond acceptors (Lipinski definition) is 3. The maximum absolute atomic E-state index is 5.13. The molecule has 0 saturated heterocycles. The zero-order chi connectivity index (χ0) is 17.4. The highest BCUT2D eigenvalue weighted by Crippen LogP contribution is 2.12. The Balaban J connectivity index is 1.85. The van der Waals surface area contributed by atoms with Gasteiger partial charge in [0.15, 0.2) is 5.96 Å². The molecule has 0 amide bonds. The van der Waals surface area contributed by atoms with E-state index in [4.69, 9.17) is 4.74 Å². The fourth-order valence-electron chi connectivity index (χ4n) is 2.60. The minimum atomic E-state index is 0.664. The van der Waals surface area contributed by atoms with Gasteiger partial charge in [0.2, 0.25) is 0 Å². The van der Waals surface area contributed by atoms with Crippen molar-refractivity contribution in [2.75, 3.05) is 27.3 Å². The number of aliphatic imine (C=N–C) groups is 1. The zero-order valence-corrected chi connectivity index (χ0v) is 15.0. The van der Waals surface area contributed by atoms with Gasteiger partial charge in [0.1, 0.15) is 0 Å². The molecule has 2 heterocycles. The molecule has 2 rings (SSSR count). The Morgan fingerprint density at radius 1 is 1.21 bits per heavy atom. The van der Waals surface area contributed by atoms with Crippen LogP contribution in [0.3, 0.4) is 0 Å². The number of nitrogens with zero attached hydrogens (tertiary/aromatic N) is 4. The predicted octanol–water partition coefficient (Wildman–Crippen LogP) is 1.31. The van der Waals surface area contributed by atoms with E-state index in [-0.39, 0.29) is 0 Å². The number of hydrogen-bond donors (Lipinski definition) is 2. The van der Waals surface area contributed by atoms with E-state index >= 15 is 0 Å². The van der Waals surface area contributed by atoms with E-state index in [2.05, 4.69) is 44.6 Å². The smallest absolute Gasteiger partial charge is 0.191 e. The van der Waals surface area contributed by atoms with Crippen LogP contribution in [-0.4, -0.2) is 47.6 Å². The Labute approximate surface area is 143 Å². The first-order valence-corrected chi connectivity index (χ1v) is 8.22. The molecule has 0 atom stereocenters. The fourth-order valence-corrected chi connectivity index (χ4v) is 2.60. The molecule has 7 nitrogen and oxygen atoms in total. The molecule has 0 radical (unpaired) electrons. The lowest BCUT2D eigenvalue weighted by Gasteiger charge is -2.12. The molecule has 24 heavy (non-hydrogen) atoms. The molecule has 0 saturated carbocycles. The Bertz CT molecular complexity index is 644. The van der Waals surface area contributed by atoms with E-state index in [1.165, 1.54) is 11.3 Å². The van der Waals surface area contributed by atoms with Crippen LogP contribution in [0.1, 0.15) is 17.0 Å². The van der Waals surface area contributed by atoms with Gasteiger partial charge in [0.25, 0.3) is 0 Å². The van der Waals surface area contributed by atoms with Crippen molar-refractivity contribution in [1.29, 1.82) is 0 Å². The lowest BCUT2D eigenvalue weighted by atomic mass is 10.2. The minimum Gasteiger partial charge on any atom is -0.383 e. The Morgan fingerprint density at radius 3 is 2.62 bits per heavy atom. The van der Waals surface area contributed by atoms with Crippen LogP contribution in [0, 0.1) is 13.8 Å². The fraction of sp³-hybridized carbons (Fsp3) is 0.529. The molecule has 0 unspecified atom stereocenters. The molecule has 0 aliphatic rings. The predicted molar refractivity (Wildman–Crippen MR) is 96.2 cm³/mol. The van der Waals surface area contributed by atoms with Gasteiger partial charge in [-0.15, -0.1) is 0 Å². The van der Waals surface area contributed by atoms with Crippen LogP contribution >= 0.6 is 0 Å². The summed E-state index contributed by atoms with van der Waals surface area (Å²) in [5.41, 5.74) is 3.42. The number of aromatic nitrogens is 3. The molecular weight excluding hydrogens is 304 g/mol. The highest BCUT2D eigenvalue weighted by atomic mass is 16.5. The second kappa shape index (κ2) is 9.12. The first kappa shape index (κ1) is 18.1. The van der Waals surface area contributed by atoms with Gasteiger partial charge in [-0.3, -0.25) is 9.67 Å². The van der Waals surface area contributed by atoms with Crippen molar-refractivity contribution in [3.05, 3.63) is 41.5 Å². The van der Waals surface area contributed by atoms with Gasteiger partial charge in [0, 0.05) is 57.4 Å². The average Bonchev–Trinajstić information content (AvgIpc) is 3.18. The summed E-state index contributed by atoms with van der Waals surface area (Å²) in [6.45, 7) is 7.99. The van der Waals surface area contributed by atoms with Gasteiger partial charge in [-0.2, -0.15) is 5.10 Å². The minimum absolute atomic E-state index is 0.664. The van der Waals surface area contributed by atoms with Gasteiger partial charge < -0.3 is 19.9 Å². The van der Waals surface area contributed by atoms with Crippen LogP contribution in [0.2, 0.25) is 0 Å². The monoisotopic (exact) mass is 332 g/mol. The summed E-state index contributed by atoms with van der Waals surface area (Å²) < 4.78 is 9.26. The van der Waals surface area contributed by atoms with E-state index in [9.17, 15) is 0 Å². The second-order valence-corrected chi connectivity index (χ2v) is 5.64. The van der Waals surface area contributed by atoms with Crippen molar-refractivity contribution in [3.8, 4) is 0 Å². The van der Waals surface area contributed by atoms with E-state index in [0.717, 1.165) is 31.3 Å². The summed E-state index contributed by atoms with van der Waals surface area (Å²) in [6.07, 6.45) is 4.11. The zero-order valence-electron chi connectivity index (χ0n) is 15.0. The third-order valence-corrected chi connectivity index (χ3v) is 4.02. The Morgan fingerprint density at radius 2 is 1.96 bits per heavy atom. The van der Waals surface area contributed by atoms with Crippen LogP contribution in [0.4, 0.5) is 0 Å². The Kier molecular flexibility index (Phi) is 6.87. The lowest BCUT2D eigenvalue weighted by Crippen LogP contribution is -2.38. The molecular formula is C17H28N6O. The lowest BCUT2D eigenvalue weighted by molar-refractivity contribution is 0.182. The van der Waals surface area contributed by atoms with Crippen LogP contribution in [0.15, 0.2) is 29.5 Å². The standard InChI is InChI=1S/C17H28N6O/c1-14-16(15(2)23(21-14)11-12-24-4)13-20-17(18-3)19-7-10-22-8-5-6-9-22/h5-6,8-9H,7,10-13H2,1-4H3,(H2,18,19,20). The molecule has 7 heteroatoms. The Hall–Kier alpha value is -2.28. The maximum atomic E-state index is 5.13. The third kappa shape index (κ3) is 4.86. The molecule has 0 fully saturated rings. The van der Waals surface area contributed by atoms with Gasteiger partial charge in [-0.25, -0.2) is 0 Å². The van der Waals surface area contributed by atoms with Crippen molar-refractivity contribution in [1.82, 2.24) is 25.0 Å². The summed E-state index contributed by atoms with van der Waals surface area (Å²) >= 11 is 0. The van der Waals surface area contributed by atoms with E-state index in [0.29, 0.717) is 13.2 Å². The van der Waals surface area contributed by atoms with Crippen molar-refractivity contribution in [3.63, 3.8) is 0 Å². The summed E-state index contributed by atoms with van der Waals surface area (Å²) in [7, 11) is 3.49. The number of nitrogens with one attached hydrogen (secondary N) is 2.